The molecular weight excluding hydrogens is 404 g/mol. The van der Waals surface area contributed by atoms with Crippen LogP contribution in [0.1, 0.15) is 23.3 Å². The van der Waals surface area contributed by atoms with E-state index in [-0.39, 0.29) is 28.4 Å². The monoisotopic (exact) mass is 426 g/mol. The first-order valence-corrected chi connectivity index (χ1v) is 12.8. The van der Waals surface area contributed by atoms with Gasteiger partial charge >= 0.3 is 0 Å². The number of hydrogen-bond acceptors (Lipinski definition) is 7. The summed E-state index contributed by atoms with van der Waals surface area (Å²) in [5, 5.41) is 2.59. The fourth-order valence-electron chi connectivity index (χ4n) is 4.08. The van der Waals surface area contributed by atoms with Gasteiger partial charge in [-0.1, -0.05) is 6.07 Å². The number of carbonyl (C=O) groups is 1. The quantitative estimate of drug-likeness (QED) is 0.715. The van der Waals surface area contributed by atoms with Crippen molar-refractivity contribution in [2.75, 3.05) is 30.9 Å². The molecule has 9 nitrogen and oxygen atoms in total. The highest BCUT2D eigenvalue weighted by atomic mass is 32.2. The van der Waals surface area contributed by atoms with Crippen LogP contribution in [-0.2, 0) is 19.7 Å². The van der Waals surface area contributed by atoms with Crippen LogP contribution < -0.4 is 5.32 Å². The summed E-state index contributed by atoms with van der Waals surface area (Å²) in [6.45, 7) is 1.64. The van der Waals surface area contributed by atoms with E-state index in [1.54, 1.807) is 18.2 Å². The Labute approximate surface area is 163 Å². The van der Waals surface area contributed by atoms with Crippen LogP contribution in [0.15, 0.2) is 29.6 Å². The summed E-state index contributed by atoms with van der Waals surface area (Å²) < 4.78 is 49.8. The Balaban J connectivity index is 1.67. The maximum Gasteiger partial charge on any atom is 0.272 e. The number of carbonyl (C=O) groups excluding carboxylic acids is 1. The molecule has 0 aliphatic carbocycles. The molecule has 11 heteroatoms. The number of sulfone groups is 2. The molecule has 28 heavy (non-hydrogen) atoms. The van der Waals surface area contributed by atoms with E-state index in [1.165, 1.54) is 10.6 Å². The first-order chi connectivity index (χ1) is 13.2. The van der Waals surface area contributed by atoms with Crippen LogP contribution in [0.3, 0.4) is 0 Å². The molecule has 2 aliphatic heterocycles. The lowest BCUT2D eigenvalue weighted by Crippen LogP contribution is -2.50. The lowest BCUT2D eigenvalue weighted by molar-refractivity contribution is 0.0915. The molecule has 2 saturated heterocycles. The largest absolute Gasteiger partial charge is 0.345 e. The fraction of sp³-hybridized carbons (Fsp3) is 0.529. The Kier molecular flexibility index (Phi) is 4.71. The molecule has 152 valence electrons. The molecule has 2 unspecified atom stereocenters. The van der Waals surface area contributed by atoms with Crippen LogP contribution in [0.2, 0.25) is 0 Å². The van der Waals surface area contributed by atoms with E-state index in [2.05, 4.69) is 15.2 Å². The highest BCUT2D eigenvalue weighted by Crippen LogP contribution is 2.24. The first kappa shape index (κ1) is 19.3. The van der Waals surface area contributed by atoms with Gasteiger partial charge in [-0.05, 0) is 38.1 Å². The average Bonchev–Trinajstić information content (AvgIpc) is 3.31. The van der Waals surface area contributed by atoms with Gasteiger partial charge in [-0.3, -0.25) is 14.1 Å². The summed E-state index contributed by atoms with van der Waals surface area (Å²) in [4.78, 5) is 19.1. The fourth-order valence-corrected chi connectivity index (χ4v) is 6.80. The minimum Gasteiger partial charge on any atom is -0.345 e. The van der Waals surface area contributed by atoms with Gasteiger partial charge in [-0.15, -0.1) is 0 Å². The SMILES string of the molecule is CS(=O)(=O)c1nc(C(=O)NC2CS(=O)(=O)CC2N2CCCC2)c2ccccn12. The molecule has 0 spiro atoms. The van der Waals surface area contributed by atoms with E-state index in [0.29, 0.717) is 5.52 Å². The summed E-state index contributed by atoms with van der Waals surface area (Å²) in [6, 6.07) is 4.14. The molecule has 0 bridgehead atoms. The number of amides is 1. The molecule has 1 amide bonds. The van der Waals surface area contributed by atoms with E-state index >= 15 is 0 Å². The number of aromatic nitrogens is 2. The molecule has 2 fully saturated rings. The summed E-state index contributed by atoms with van der Waals surface area (Å²) in [5.41, 5.74) is 0.337. The van der Waals surface area contributed by atoms with Crippen LogP contribution in [0.5, 0.6) is 0 Å². The van der Waals surface area contributed by atoms with Gasteiger partial charge in [0.05, 0.1) is 23.1 Å². The van der Waals surface area contributed by atoms with Gasteiger partial charge in [-0.25, -0.2) is 21.8 Å². The number of pyridine rings is 1. The van der Waals surface area contributed by atoms with Crippen LogP contribution in [-0.4, -0.2) is 80.0 Å². The van der Waals surface area contributed by atoms with Gasteiger partial charge in [0.1, 0.15) is 0 Å². The third-order valence-corrected chi connectivity index (χ3v) is 7.98. The minimum atomic E-state index is -3.64. The molecule has 2 atom stereocenters. The van der Waals surface area contributed by atoms with E-state index in [9.17, 15) is 21.6 Å². The Bertz CT molecular complexity index is 1130. The number of nitrogens with zero attached hydrogens (tertiary/aromatic N) is 3. The first-order valence-electron chi connectivity index (χ1n) is 9.08. The number of fused-ring (bicyclic) bond motifs is 1. The second-order valence-electron chi connectivity index (χ2n) is 7.44. The summed E-state index contributed by atoms with van der Waals surface area (Å²) in [6.07, 6.45) is 4.59. The van der Waals surface area contributed by atoms with Crippen molar-refractivity contribution in [1.29, 1.82) is 0 Å². The van der Waals surface area contributed by atoms with Gasteiger partial charge < -0.3 is 5.32 Å². The molecule has 0 saturated carbocycles. The highest BCUT2D eigenvalue weighted by molar-refractivity contribution is 7.91. The van der Waals surface area contributed by atoms with Crippen LogP contribution in [0.4, 0.5) is 0 Å². The molecule has 0 radical (unpaired) electrons. The average molecular weight is 427 g/mol. The van der Waals surface area contributed by atoms with Gasteiger partial charge in [0.25, 0.3) is 5.91 Å². The lowest BCUT2D eigenvalue weighted by atomic mass is 10.1. The zero-order valence-corrected chi connectivity index (χ0v) is 17.0. The molecule has 4 rings (SSSR count). The van der Waals surface area contributed by atoms with Gasteiger partial charge in [0, 0.05) is 18.5 Å². The van der Waals surface area contributed by atoms with Crippen LogP contribution >= 0.6 is 0 Å². The van der Waals surface area contributed by atoms with Crippen molar-refractivity contribution in [1.82, 2.24) is 19.6 Å². The van der Waals surface area contributed by atoms with Crippen molar-refractivity contribution >= 4 is 31.1 Å². The number of rotatable bonds is 4. The van der Waals surface area contributed by atoms with Gasteiger partial charge in [0.15, 0.2) is 15.5 Å². The Morgan fingerprint density at radius 1 is 1.21 bits per heavy atom. The number of hydrogen-bond donors (Lipinski definition) is 1. The highest BCUT2D eigenvalue weighted by Gasteiger charge is 2.42. The third kappa shape index (κ3) is 3.53. The smallest absolute Gasteiger partial charge is 0.272 e. The van der Waals surface area contributed by atoms with E-state index in [1.807, 2.05) is 0 Å². The molecule has 0 aromatic carbocycles. The lowest BCUT2D eigenvalue weighted by Gasteiger charge is -2.28. The van der Waals surface area contributed by atoms with Crippen molar-refractivity contribution < 1.29 is 21.6 Å². The van der Waals surface area contributed by atoms with Crippen molar-refractivity contribution in [2.24, 2.45) is 0 Å². The normalized spacial score (nSPS) is 25.3. The maximum absolute atomic E-state index is 12.9. The number of nitrogens with one attached hydrogen (secondary N) is 1. The summed E-state index contributed by atoms with van der Waals surface area (Å²) in [5.74, 6) is -0.661. The van der Waals surface area contributed by atoms with Crippen molar-refractivity contribution in [3.8, 4) is 0 Å². The number of imidazole rings is 1. The Hall–Kier alpha value is -1.98. The summed E-state index contributed by atoms with van der Waals surface area (Å²) >= 11 is 0. The predicted molar refractivity (Wildman–Crippen MR) is 103 cm³/mol. The maximum atomic E-state index is 12.9. The topological polar surface area (TPSA) is 118 Å². The van der Waals surface area contributed by atoms with Crippen LogP contribution in [0, 0.1) is 0 Å². The zero-order chi connectivity index (χ0) is 20.1. The Morgan fingerprint density at radius 3 is 2.61 bits per heavy atom. The minimum absolute atomic E-state index is 0.0227. The molecule has 2 aromatic heterocycles. The predicted octanol–water partition coefficient (Wildman–Crippen LogP) is -0.271. The van der Waals surface area contributed by atoms with E-state index < -0.39 is 31.6 Å². The zero-order valence-electron chi connectivity index (χ0n) is 15.4. The second kappa shape index (κ2) is 6.82. The van der Waals surface area contributed by atoms with E-state index in [4.69, 9.17) is 0 Å². The molecule has 1 N–H and O–H groups in total. The Morgan fingerprint density at radius 2 is 1.93 bits per heavy atom. The summed E-state index contributed by atoms with van der Waals surface area (Å²) in [7, 11) is -6.89. The van der Waals surface area contributed by atoms with Gasteiger partial charge in [-0.2, -0.15) is 0 Å². The molecular formula is C17H22N4O5S2. The standard InChI is InChI=1S/C17H22N4O5S2/c1-27(23,24)17-19-15(13-6-2-3-9-21(13)17)16(22)18-12-10-28(25,26)11-14(12)20-7-4-5-8-20/h2-3,6,9,12,14H,4-5,7-8,10-11H2,1H3,(H,18,22). The van der Waals surface area contributed by atoms with Crippen molar-refractivity contribution in [2.45, 2.75) is 30.1 Å². The van der Waals surface area contributed by atoms with Crippen molar-refractivity contribution in [3.63, 3.8) is 0 Å². The van der Waals surface area contributed by atoms with E-state index in [0.717, 1.165) is 32.2 Å². The third-order valence-electron chi connectivity index (χ3n) is 5.31. The second-order valence-corrected chi connectivity index (χ2v) is 11.5. The molecule has 2 aromatic rings. The van der Waals surface area contributed by atoms with Crippen LogP contribution in [0.25, 0.3) is 5.52 Å². The molecule has 4 heterocycles. The number of likely N-dealkylation sites (tertiary alicyclic amines) is 1. The molecule has 2 aliphatic rings. The van der Waals surface area contributed by atoms with Gasteiger partial charge in [0.2, 0.25) is 15.0 Å². The van der Waals surface area contributed by atoms with Crippen molar-refractivity contribution in [3.05, 3.63) is 30.1 Å².